The number of phenolic OH excluding ortho intramolecular Hbond substituents is 1. The number of nitrogens with zero attached hydrogens (tertiary/aromatic N) is 1. The number of imide groups is 1. The fraction of sp³-hybridized carbons (Fsp3) is 0.217. The Labute approximate surface area is 168 Å². The minimum Gasteiger partial charge on any atom is -0.508 e. The van der Waals surface area contributed by atoms with Crippen LogP contribution in [-0.2, 0) is 9.59 Å². The monoisotopic (exact) mass is 393 g/mol. The quantitative estimate of drug-likeness (QED) is 0.759. The average Bonchev–Trinajstić information content (AvgIpc) is 2.88. The zero-order valence-corrected chi connectivity index (χ0v) is 16.2. The third-order valence-corrected chi connectivity index (χ3v) is 6.30. The van der Waals surface area contributed by atoms with Crippen LogP contribution in [0.25, 0.3) is 0 Å². The highest BCUT2D eigenvalue weighted by molar-refractivity contribution is 6.32. The third-order valence-electron chi connectivity index (χ3n) is 5.97. The second kappa shape index (κ2) is 6.64. The molecule has 1 N–H and O–H groups in total. The van der Waals surface area contributed by atoms with Crippen LogP contribution in [0.3, 0.4) is 0 Å². The van der Waals surface area contributed by atoms with Gasteiger partial charge in [-0.2, -0.15) is 0 Å². The molecule has 0 saturated carbocycles. The number of benzene rings is 2. The lowest BCUT2D eigenvalue weighted by atomic mass is 9.60. The van der Waals surface area contributed by atoms with Crippen molar-refractivity contribution in [2.24, 2.45) is 11.3 Å². The summed E-state index contributed by atoms with van der Waals surface area (Å²) in [5, 5.41) is 10.1. The molecule has 4 rings (SSSR count). The van der Waals surface area contributed by atoms with Gasteiger partial charge in [-0.05, 0) is 48.7 Å². The second-order valence-corrected chi connectivity index (χ2v) is 7.84. The Bertz CT molecular complexity index is 1010. The maximum atomic E-state index is 13.6. The summed E-state index contributed by atoms with van der Waals surface area (Å²) in [6, 6.07) is 13.7. The van der Waals surface area contributed by atoms with E-state index in [0.717, 1.165) is 5.57 Å². The van der Waals surface area contributed by atoms with Crippen molar-refractivity contribution in [1.82, 2.24) is 0 Å². The molecule has 2 aliphatic rings. The standard InChI is InChI=1S/C23H20ClNO3/c1-3-14-9-12-18-21(27)25(15-7-5-4-6-8-15)22(28)23(18,2)20(14)17-11-10-16(26)13-19(17)24/h3-11,13,18,20,26H,1,12H2,2H3. The second-order valence-electron chi connectivity index (χ2n) is 7.43. The summed E-state index contributed by atoms with van der Waals surface area (Å²) in [5.41, 5.74) is 1.14. The van der Waals surface area contributed by atoms with Gasteiger partial charge in [-0.15, -0.1) is 0 Å². The summed E-state index contributed by atoms with van der Waals surface area (Å²) in [4.78, 5) is 28.2. The number of rotatable bonds is 3. The third kappa shape index (κ3) is 2.52. The molecule has 3 atom stereocenters. The first-order valence-corrected chi connectivity index (χ1v) is 9.51. The van der Waals surface area contributed by atoms with E-state index in [4.69, 9.17) is 11.6 Å². The van der Waals surface area contributed by atoms with E-state index in [1.165, 1.54) is 11.0 Å². The SMILES string of the molecule is C=CC1=CCC2C(=O)N(c3ccccc3)C(=O)C2(C)C1c1ccc(O)cc1Cl. The van der Waals surface area contributed by atoms with Crippen molar-refractivity contribution < 1.29 is 14.7 Å². The largest absolute Gasteiger partial charge is 0.508 e. The smallest absolute Gasteiger partial charge is 0.241 e. The van der Waals surface area contributed by atoms with Gasteiger partial charge in [-0.3, -0.25) is 9.59 Å². The fourth-order valence-corrected chi connectivity index (χ4v) is 4.85. The van der Waals surface area contributed by atoms with Gasteiger partial charge < -0.3 is 5.11 Å². The van der Waals surface area contributed by atoms with E-state index in [1.807, 2.05) is 31.2 Å². The Balaban J connectivity index is 1.90. The molecule has 1 fully saturated rings. The fourth-order valence-electron chi connectivity index (χ4n) is 4.57. The van der Waals surface area contributed by atoms with Crippen LogP contribution in [0.15, 0.2) is 72.8 Å². The van der Waals surface area contributed by atoms with Gasteiger partial charge in [0.15, 0.2) is 0 Å². The van der Waals surface area contributed by atoms with Gasteiger partial charge in [0.2, 0.25) is 11.8 Å². The summed E-state index contributed by atoms with van der Waals surface area (Å²) < 4.78 is 0. The van der Waals surface area contributed by atoms with E-state index in [0.29, 0.717) is 22.7 Å². The molecular weight excluding hydrogens is 374 g/mol. The Morgan fingerprint density at radius 2 is 1.93 bits per heavy atom. The molecule has 2 aromatic carbocycles. The molecule has 0 bridgehead atoms. The van der Waals surface area contributed by atoms with Crippen molar-refractivity contribution in [1.29, 1.82) is 0 Å². The summed E-state index contributed by atoms with van der Waals surface area (Å²) in [7, 11) is 0. The predicted octanol–water partition coefficient (Wildman–Crippen LogP) is 4.84. The molecule has 0 radical (unpaired) electrons. The van der Waals surface area contributed by atoms with Gasteiger partial charge >= 0.3 is 0 Å². The van der Waals surface area contributed by atoms with E-state index >= 15 is 0 Å². The first-order chi connectivity index (χ1) is 13.4. The van der Waals surface area contributed by atoms with E-state index in [-0.39, 0.29) is 17.6 Å². The van der Waals surface area contributed by atoms with E-state index in [2.05, 4.69) is 6.58 Å². The number of amides is 2. The zero-order valence-electron chi connectivity index (χ0n) is 15.4. The molecule has 0 aromatic heterocycles. The van der Waals surface area contributed by atoms with Crippen molar-refractivity contribution in [2.75, 3.05) is 4.90 Å². The minimum atomic E-state index is -0.994. The highest BCUT2D eigenvalue weighted by Gasteiger charge is 2.62. The van der Waals surface area contributed by atoms with Crippen LogP contribution in [-0.4, -0.2) is 16.9 Å². The van der Waals surface area contributed by atoms with Crippen LogP contribution in [0.2, 0.25) is 5.02 Å². The number of hydrogen-bond acceptors (Lipinski definition) is 3. The summed E-state index contributed by atoms with van der Waals surface area (Å²) in [5.74, 6) is -1.30. The number of hydrogen-bond donors (Lipinski definition) is 1. The molecule has 5 heteroatoms. The number of carbonyl (C=O) groups excluding carboxylic acids is 2. The van der Waals surface area contributed by atoms with Crippen molar-refractivity contribution >= 4 is 29.1 Å². The molecule has 1 aliphatic heterocycles. The maximum absolute atomic E-state index is 13.6. The molecule has 2 aromatic rings. The number of aromatic hydroxyl groups is 1. The number of allylic oxidation sites excluding steroid dienone is 3. The Kier molecular flexibility index (Phi) is 4.39. The van der Waals surface area contributed by atoms with Gasteiger partial charge in [0, 0.05) is 10.9 Å². The highest BCUT2D eigenvalue weighted by Crippen LogP contribution is 2.57. The average molecular weight is 394 g/mol. The summed E-state index contributed by atoms with van der Waals surface area (Å²) in [6.07, 6.45) is 4.16. The van der Waals surface area contributed by atoms with Crippen LogP contribution in [0, 0.1) is 11.3 Å². The highest BCUT2D eigenvalue weighted by atomic mass is 35.5. The predicted molar refractivity (Wildman–Crippen MR) is 109 cm³/mol. The van der Waals surface area contributed by atoms with Crippen LogP contribution in [0.4, 0.5) is 5.69 Å². The van der Waals surface area contributed by atoms with Crippen LogP contribution in [0.1, 0.15) is 24.8 Å². The normalized spacial score (nSPS) is 26.8. The van der Waals surface area contributed by atoms with Crippen LogP contribution in [0.5, 0.6) is 5.75 Å². The lowest BCUT2D eigenvalue weighted by molar-refractivity contribution is -0.127. The molecule has 142 valence electrons. The Hall–Kier alpha value is -2.85. The van der Waals surface area contributed by atoms with Crippen molar-refractivity contribution in [3.8, 4) is 5.75 Å². The molecule has 1 heterocycles. The number of fused-ring (bicyclic) bond motifs is 1. The van der Waals surface area contributed by atoms with Crippen LogP contribution < -0.4 is 4.90 Å². The van der Waals surface area contributed by atoms with Gasteiger partial charge in [-0.25, -0.2) is 4.90 Å². The molecule has 4 nitrogen and oxygen atoms in total. The lowest BCUT2D eigenvalue weighted by Gasteiger charge is -2.40. The summed E-state index contributed by atoms with van der Waals surface area (Å²) in [6.45, 7) is 5.74. The first kappa shape index (κ1) is 18.5. The number of carbonyl (C=O) groups is 2. The van der Waals surface area contributed by atoms with E-state index in [1.54, 1.807) is 30.3 Å². The zero-order chi connectivity index (χ0) is 20.1. The van der Waals surface area contributed by atoms with Crippen molar-refractivity contribution in [2.45, 2.75) is 19.3 Å². The first-order valence-electron chi connectivity index (χ1n) is 9.14. The van der Waals surface area contributed by atoms with Gasteiger partial charge in [0.25, 0.3) is 0 Å². The topological polar surface area (TPSA) is 57.6 Å². The number of para-hydroxylation sites is 1. The van der Waals surface area contributed by atoms with Crippen molar-refractivity contribution in [3.05, 3.63) is 83.4 Å². The van der Waals surface area contributed by atoms with Crippen molar-refractivity contribution in [3.63, 3.8) is 0 Å². The Morgan fingerprint density at radius 3 is 2.57 bits per heavy atom. The van der Waals surface area contributed by atoms with Gasteiger partial charge in [0.05, 0.1) is 17.0 Å². The molecule has 1 saturated heterocycles. The van der Waals surface area contributed by atoms with E-state index in [9.17, 15) is 14.7 Å². The maximum Gasteiger partial charge on any atom is 0.241 e. The minimum absolute atomic E-state index is 0.0510. The Morgan fingerprint density at radius 1 is 1.21 bits per heavy atom. The number of halogens is 1. The number of anilines is 1. The molecule has 1 aliphatic carbocycles. The lowest BCUT2D eigenvalue weighted by Crippen LogP contribution is -2.41. The molecule has 0 spiro atoms. The molecule has 3 unspecified atom stereocenters. The van der Waals surface area contributed by atoms with E-state index < -0.39 is 17.3 Å². The molecular formula is C23H20ClNO3. The summed E-state index contributed by atoms with van der Waals surface area (Å²) >= 11 is 6.44. The molecule has 28 heavy (non-hydrogen) atoms. The van der Waals surface area contributed by atoms with Crippen LogP contribution >= 0.6 is 11.6 Å². The van der Waals surface area contributed by atoms with Gasteiger partial charge in [0.1, 0.15) is 5.75 Å². The number of phenols is 1. The van der Waals surface area contributed by atoms with Gasteiger partial charge in [-0.1, -0.05) is 54.6 Å². The molecule has 2 amide bonds.